The van der Waals surface area contributed by atoms with E-state index >= 15 is 0 Å². The minimum Gasteiger partial charge on any atom is -0.507 e. The molecule has 0 saturated carbocycles. The number of aliphatic hydroxyl groups is 2. The van der Waals surface area contributed by atoms with Crippen LogP contribution < -0.4 is 16.0 Å². The number of carbonyl (C=O) groups excluding carboxylic acids is 5. The number of aromatic nitrogens is 4. The van der Waals surface area contributed by atoms with Crippen molar-refractivity contribution in [3.8, 4) is 57.7 Å². The Morgan fingerprint density at radius 1 is 0.581 bits per heavy atom. The first kappa shape index (κ1) is 80.0. The number of piperidine rings is 2. The Labute approximate surface area is 622 Å². The zero-order valence-electron chi connectivity index (χ0n) is 60.1. The highest BCUT2D eigenvalue weighted by Crippen LogP contribution is 2.35. The highest BCUT2D eigenvalue weighted by atomic mass is 35.5. The third-order valence-corrected chi connectivity index (χ3v) is 17.2. The van der Waals surface area contributed by atoms with Crippen LogP contribution in [0.1, 0.15) is 113 Å². The summed E-state index contributed by atoms with van der Waals surface area (Å²) in [6, 6.07) is 39.7. The Bertz CT molecular complexity index is 4410. The molecule has 5 amide bonds. The first-order chi connectivity index (χ1) is 50.1. The van der Waals surface area contributed by atoms with Gasteiger partial charge in [0.2, 0.25) is 17.7 Å². The minimum absolute atomic E-state index is 0.00167. The summed E-state index contributed by atoms with van der Waals surface area (Å²) >= 11 is 12.3. The van der Waals surface area contributed by atoms with Crippen molar-refractivity contribution < 1.29 is 63.8 Å². The van der Waals surface area contributed by atoms with Crippen molar-refractivity contribution in [3.05, 3.63) is 201 Å². The zero-order chi connectivity index (χ0) is 76.0. The highest BCUT2D eigenvalue weighted by molar-refractivity contribution is 6.31. The molecule has 4 atom stereocenters. The van der Waals surface area contributed by atoms with E-state index in [2.05, 4.69) is 49.8 Å². The zero-order valence-corrected chi connectivity index (χ0v) is 61.6. The summed E-state index contributed by atoms with van der Waals surface area (Å²) in [5.41, 5.74) is 5.98. The number of aliphatic hydroxyl groups excluding tert-OH is 2. The smallest absolute Gasteiger partial charge is 0.410 e. The van der Waals surface area contributed by atoms with Crippen molar-refractivity contribution >= 4 is 70.5 Å². The lowest BCUT2D eigenvalue weighted by atomic mass is 9.97. The summed E-state index contributed by atoms with van der Waals surface area (Å²) in [5, 5.41) is 67.8. The number of nitrogens with zero attached hydrogens (tertiary/aromatic N) is 7. The molecule has 0 spiro atoms. The molecule has 8 aromatic rings. The molecule has 10 rings (SSSR count). The predicted octanol–water partition coefficient (Wildman–Crippen LogP) is 12.0. The standard InChI is InChI=1S/C40H44ClN5O6.C25H25ClN4O3.C15H21NO4/c1-40(2,3)52-39(51)44(4)34(24-28-10-6-5-7-11-28)38(50)46-21-9-8-12-33(46)37(49)42-31-18-14-27(15-19-31)13-16-29-26-45(22-23-47)43-36(29)32-25-30(41)17-20-35(32)48;26-19-8-11-23(32)21(15-19)24-18(16-30(29-24)13-14-31)7-4-17-5-9-20(10-6-17)28-25(33)22-3-1-2-12-27-22;1-15(2,3)20-14(19)16(4)12(13(17)18)10-11-8-6-5-7-9-11/h5-7,10-11,14-15,17-20,25-26,33-34,47-48H,8-9,12,21-24H2,1-4H3,(H,42,49);5-6,8-11,15-16,22,27,31-32H,1-3,12-14H2,(H,28,33);5-9,12H,10H2,1-4H3,(H,17,18)/t33-,34+;22-;12-/m110/s1. The van der Waals surface area contributed by atoms with Gasteiger partial charge in [0.1, 0.15) is 52.2 Å². The fraction of sp³-hybridized carbons (Fsp3) is 0.350. The van der Waals surface area contributed by atoms with Gasteiger partial charge in [-0.15, -0.1) is 0 Å². The summed E-state index contributed by atoms with van der Waals surface area (Å²) in [6.07, 6.45) is 7.72. The minimum atomic E-state index is -1.05. The van der Waals surface area contributed by atoms with Crippen LogP contribution in [0.3, 0.4) is 0 Å². The number of phenolic OH excluding ortho intramolecular Hbond substituents is 2. The van der Waals surface area contributed by atoms with Crippen LogP contribution in [-0.2, 0) is 54.6 Å². The first-order valence-electron chi connectivity index (χ1n) is 34.5. The predicted molar refractivity (Wildman–Crippen MR) is 403 cm³/mol. The number of ether oxygens (including phenoxy) is 2. The topological polar surface area (TPSA) is 303 Å². The van der Waals surface area contributed by atoms with Crippen LogP contribution in [0.25, 0.3) is 22.5 Å². The maximum absolute atomic E-state index is 14.2. The van der Waals surface area contributed by atoms with Gasteiger partial charge in [0.25, 0.3) is 0 Å². The number of rotatable bonds is 18. The third kappa shape index (κ3) is 23.9. The van der Waals surface area contributed by atoms with Crippen molar-refractivity contribution in [1.29, 1.82) is 0 Å². The van der Waals surface area contributed by atoms with Crippen LogP contribution >= 0.6 is 23.2 Å². The van der Waals surface area contributed by atoms with E-state index in [1.54, 1.807) is 124 Å². The molecule has 2 aliphatic heterocycles. The highest BCUT2D eigenvalue weighted by Gasteiger charge is 2.40. The molecule has 2 fully saturated rings. The Kier molecular flexibility index (Phi) is 28.7. The number of aliphatic carboxylic acids is 1. The summed E-state index contributed by atoms with van der Waals surface area (Å²) in [6.45, 7) is 12.2. The van der Waals surface area contributed by atoms with E-state index in [0.29, 0.717) is 74.4 Å². The first-order valence-corrected chi connectivity index (χ1v) is 35.3. The number of nitrogens with one attached hydrogen (secondary N) is 3. The molecule has 4 heterocycles. The van der Waals surface area contributed by atoms with Gasteiger partial charge in [-0.2, -0.15) is 10.2 Å². The second-order valence-corrected chi connectivity index (χ2v) is 28.1. The van der Waals surface area contributed by atoms with Crippen LogP contribution in [0, 0.1) is 23.7 Å². The SMILES string of the molecule is CN(C(=O)OC(C)(C)C)[C@@H](Cc1ccccc1)C(=O)N1CCCC[C@@H]1C(=O)Nc1ccc(C#Cc2cn(CCO)nc2-c2cc(Cl)ccc2O)cc1.CN(C(=O)OC(C)(C)C)[C@@H](Cc1ccccc1)C(=O)O.O=C(Nc1ccc(C#Cc2cn(CCO)nc2-c2cc(Cl)ccc2O)cc1)[C@H]1CCCCN1. The number of carbonyl (C=O) groups is 6. The monoisotopic (exact) mass is 1470 g/mol. The molecule has 0 bridgehead atoms. The summed E-state index contributed by atoms with van der Waals surface area (Å²) in [4.78, 5) is 80.9. The molecule has 105 heavy (non-hydrogen) atoms. The second-order valence-electron chi connectivity index (χ2n) is 27.2. The summed E-state index contributed by atoms with van der Waals surface area (Å²) in [5.74, 6) is 10.8. The number of halogens is 2. The molecule has 0 unspecified atom stereocenters. The number of benzene rings is 6. The number of amides is 5. The molecule has 8 N–H and O–H groups in total. The fourth-order valence-electron chi connectivity index (χ4n) is 11.4. The van der Waals surface area contributed by atoms with E-state index < -0.39 is 47.5 Å². The Balaban J connectivity index is 0.000000223. The number of carboxylic acids is 1. The molecular formula is C80H90Cl2N10O13. The van der Waals surface area contributed by atoms with E-state index in [0.717, 1.165) is 65.9 Å². The lowest BCUT2D eigenvalue weighted by Gasteiger charge is -2.39. The molecule has 23 nitrogen and oxygen atoms in total. The van der Waals surface area contributed by atoms with E-state index in [-0.39, 0.29) is 67.9 Å². The van der Waals surface area contributed by atoms with E-state index in [1.807, 2.05) is 84.9 Å². The van der Waals surface area contributed by atoms with Crippen molar-refractivity contribution in [2.45, 2.75) is 141 Å². The maximum Gasteiger partial charge on any atom is 0.410 e. The molecule has 2 saturated heterocycles. The molecule has 2 aliphatic rings. The van der Waals surface area contributed by atoms with Gasteiger partial charge < -0.3 is 55.9 Å². The molecule has 552 valence electrons. The van der Waals surface area contributed by atoms with Gasteiger partial charge in [-0.1, -0.05) is 114 Å². The number of hydrogen-bond donors (Lipinski definition) is 8. The van der Waals surface area contributed by atoms with Crippen molar-refractivity contribution in [2.75, 3.05) is 51.0 Å². The quantitative estimate of drug-likeness (QED) is 0.0370. The average Bonchev–Trinajstić information content (AvgIpc) is 1.48. The van der Waals surface area contributed by atoms with Crippen molar-refractivity contribution in [2.24, 2.45) is 0 Å². The molecule has 6 aromatic carbocycles. The number of carboxylic acid groups (broad SMARTS) is 1. The average molecular weight is 1470 g/mol. The van der Waals surface area contributed by atoms with Crippen LogP contribution in [0.15, 0.2) is 158 Å². The number of phenols is 2. The Morgan fingerprint density at radius 3 is 1.45 bits per heavy atom. The van der Waals surface area contributed by atoms with Crippen LogP contribution in [0.2, 0.25) is 10.0 Å². The second kappa shape index (κ2) is 37.7. The molecule has 2 aromatic heterocycles. The van der Waals surface area contributed by atoms with Crippen LogP contribution in [-0.4, -0.2) is 171 Å². The van der Waals surface area contributed by atoms with Gasteiger partial charge in [-0.3, -0.25) is 33.5 Å². The van der Waals surface area contributed by atoms with Gasteiger partial charge in [-0.25, -0.2) is 14.4 Å². The largest absolute Gasteiger partial charge is 0.507 e. The molecule has 0 aliphatic carbocycles. The number of anilines is 2. The molecule has 0 radical (unpaired) electrons. The van der Waals surface area contributed by atoms with Gasteiger partial charge in [-0.05, 0) is 176 Å². The van der Waals surface area contributed by atoms with Crippen LogP contribution in [0.4, 0.5) is 21.0 Å². The number of aromatic hydroxyl groups is 2. The maximum atomic E-state index is 14.2. The summed E-state index contributed by atoms with van der Waals surface area (Å²) < 4.78 is 13.9. The van der Waals surface area contributed by atoms with Gasteiger partial charge >= 0.3 is 18.2 Å². The number of likely N-dealkylation sites (tertiary alicyclic amines) is 1. The number of hydrogen-bond acceptors (Lipinski definition) is 15. The van der Waals surface area contributed by atoms with Gasteiger partial charge in [0.05, 0.1) is 43.5 Å². The Hall–Kier alpha value is -10.7. The van der Waals surface area contributed by atoms with E-state index in [4.69, 9.17) is 32.7 Å². The molecular weight excluding hydrogens is 1380 g/mol. The lowest BCUT2D eigenvalue weighted by molar-refractivity contribution is -0.144. The number of likely N-dealkylation sites (N-methyl/N-ethyl adjacent to an activating group) is 2. The third-order valence-electron chi connectivity index (χ3n) is 16.7. The summed E-state index contributed by atoms with van der Waals surface area (Å²) in [7, 11) is 3.00. The Morgan fingerprint density at radius 2 is 1.02 bits per heavy atom. The van der Waals surface area contributed by atoms with Gasteiger partial charge in [0, 0.05) is 89.5 Å². The van der Waals surface area contributed by atoms with E-state index in [9.17, 15) is 54.3 Å². The normalized spacial score (nSPS) is 14.6. The van der Waals surface area contributed by atoms with Crippen molar-refractivity contribution in [1.82, 2.24) is 39.6 Å². The van der Waals surface area contributed by atoms with Crippen molar-refractivity contribution in [3.63, 3.8) is 0 Å². The lowest BCUT2D eigenvalue weighted by Crippen LogP contribution is -2.57. The van der Waals surface area contributed by atoms with Crippen LogP contribution in [0.5, 0.6) is 11.5 Å². The fourth-order valence-corrected chi connectivity index (χ4v) is 11.7. The van der Waals surface area contributed by atoms with E-state index in [1.165, 1.54) is 24.1 Å². The molecule has 25 heteroatoms. The van der Waals surface area contributed by atoms with Gasteiger partial charge in [0.15, 0.2) is 0 Å².